The predicted molar refractivity (Wildman–Crippen MR) is 234 cm³/mol. The van der Waals surface area contributed by atoms with Crippen molar-refractivity contribution < 1.29 is 10.2 Å². The normalized spacial score (nSPS) is 13.4. The summed E-state index contributed by atoms with van der Waals surface area (Å²) < 4.78 is 1.92. The molecule has 242 valence electrons. The maximum absolute atomic E-state index is 11.3. The van der Waals surface area contributed by atoms with Crippen LogP contribution in [0.2, 0.25) is 0 Å². The van der Waals surface area contributed by atoms with Crippen LogP contribution in [0.4, 0.5) is 0 Å². The molecule has 0 spiro atoms. The van der Waals surface area contributed by atoms with Gasteiger partial charge in [0.25, 0.3) is 0 Å². The van der Waals surface area contributed by atoms with Gasteiger partial charge in [0.05, 0.1) is 46.1 Å². The number of phenolic OH excluding ortho intramolecular Hbond substituents is 2. The van der Waals surface area contributed by atoms with E-state index in [1.807, 2.05) is 97.3 Å². The van der Waals surface area contributed by atoms with Gasteiger partial charge in [0, 0.05) is 16.5 Å². The Hall–Kier alpha value is -5.35. The number of benzene rings is 7. The van der Waals surface area contributed by atoms with Gasteiger partial charge in [0.1, 0.15) is 50.7 Å². The lowest BCUT2D eigenvalue weighted by atomic mass is 9.42. The number of aromatic hydroxyl groups is 2. The maximum Gasteiger partial charge on any atom is 0.124 e. The molecule has 55 heavy (non-hydrogen) atoms. The van der Waals surface area contributed by atoms with Crippen molar-refractivity contribution in [1.29, 1.82) is 0 Å². The minimum atomic E-state index is -1.75. The fourth-order valence-electron chi connectivity index (χ4n) is 8.87. The molecule has 0 bridgehead atoms. The first kappa shape index (κ1) is 35.4. The molecule has 1 aliphatic rings. The predicted octanol–water partition coefficient (Wildman–Crippen LogP) is 2.97. The van der Waals surface area contributed by atoms with Crippen LogP contribution in [0.5, 0.6) is 11.5 Å². The molecule has 0 amide bonds. The van der Waals surface area contributed by atoms with Crippen molar-refractivity contribution in [2.45, 2.75) is 24.4 Å². The summed E-state index contributed by atoms with van der Waals surface area (Å²) >= 11 is 0. The molecule has 16 radical (unpaired) electrons. The number of aromatic nitrogens is 2. The molecule has 12 heteroatoms. The van der Waals surface area contributed by atoms with Gasteiger partial charge in [-0.1, -0.05) is 114 Å². The lowest BCUT2D eigenvalue weighted by Gasteiger charge is -2.29. The van der Waals surface area contributed by atoms with Gasteiger partial charge < -0.3 is 10.2 Å². The standard InChI is InChI=1S/C43H24B8N2O2/c1-42(2)32-29(30-33(42)39(54)38(48)40(55)37(30)47)35(45)36(46)31(34(32)44)28-21-13-5-3-11-19(21)27(20-12-4-6-14-22(20)28)23-15-7-9-17-25(23)53-26-18-10-8-16-24(26)52-41(53)43(49,50)51/h3-18,54-55H,1-2H3. The number of nitrogens with zero attached hydrogens (tertiary/aromatic N) is 2. The summed E-state index contributed by atoms with van der Waals surface area (Å²) in [5.74, 6) is -0.420. The highest BCUT2D eigenvalue weighted by atomic mass is 16.3. The minimum Gasteiger partial charge on any atom is -0.509 e. The van der Waals surface area contributed by atoms with E-state index in [0.717, 1.165) is 49.4 Å². The Balaban J connectivity index is 1.40. The van der Waals surface area contributed by atoms with Gasteiger partial charge in [-0.2, -0.15) is 0 Å². The van der Waals surface area contributed by atoms with Crippen molar-refractivity contribution in [2.75, 3.05) is 0 Å². The molecule has 2 N–H and O–H groups in total. The van der Waals surface area contributed by atoms with E-state index in [9.17, 15) is 10.2 Å². The summed E-state index contributed by atoms with van der Waals surface area (Å²) in [5, 5.41) is 23.9. The molecule has 9 rings (SSSR count). The first-order valence-corrected chi connectivity index (χ1v) is 17.7. The van der Waals surface area contributed by atoms with Crippen molar-refractivity contribution in [2.24, 2.45) is 0 Å². The lowest BCUT2D eigenvalue weighted by molar-refractivity contribution is 0.448. The van der Waals surface area contributed by atoms with E-state index in [-0.39, 0.29) is 27.6 Å². The number of rotatable bonds is 4. The lowest BCUT2D eigenvalue weighted by Crippen LogP contribution is -2.39. The molecule has 7 aromatic carbocycles. The van der Waals surface area contributed by atoms with Crippen LogP contribution in [0.15, 0.2) is 97.1 Å². The van der Waals surface area contributed by atoms with Gasteiger partial charge in [-0.15, -0.1) is 0 Å². The topological polar surface area (TPSA) is 58.3 Å². The van der Waals surface area contributed by atoms with Crippen LogP contribution in [0.1, 0.15) is 30.8 Å². The third kappa shape index (κ3) is 4.79. The zero-order valence-electron chi connectivity index (χ0n) is 30.1. The van der Waals surface area contributed by atoms with Crippen LogP contribution in [0.25, 0.3) is 71.6 Å². The molecule has 1 aromatic heterocycles. The number of hydrogen-bond donors (Lipinski definition) is 2. The molecule has 1 aliphatic carbocycles. The van der Waals surface area contributed by atoms with E-state index in [0.29, 0.717) is 44.6 Å². The van der Waals surface area contributed by atoms with Crippen LogP contribution >= 0.6 is 0 Å². The number of phenols is 2. The van der Waals surface area contributed by atoms with Gasteiger partial charge in [-0.05, 0) is 84.1 Å². The highest BCUT2D eigenvalue weighted by molar-refractivity contribution is 6.59. The molecule has 0 fully saturated rings. The monoisotopic (exact) mass is 688 g/mol. The molecule has 1 heterocycles. The summed E-state index contributed by atoms with van der Waals surface area (Å²) in [6.45, 7) is 3.82. The van der Waals surface area contributed by atoms with Crippen LogP contribution in [0.3, 0.4) is 0 Å². The molecule has 0 unspecified atom stereocenters. The van der Waals surface area contributed by atoms with Crippen molar-refractivity contribution in [3.63, 3.8) is 0 Å². The van der Waals surface area contributed by atoms with Crippen molar-refractivity contribution in [3.05, 3.63) is 114 Å². The van der Waals surface area contributed by atoms with E-state index in [1.54, 1.807) is 0 Å². The minimum absolute atomic E-state index is 0.0146. The van der Waals surface area contributed by atoms with Crippen LogP contribution in [-0.4, -0.2) is 82.5 Å². The number of hydrogen-bond acceptors (Lipinski definition) is 3. The van der Waals surface area contributed by atoms with Crippen LogP contribution in [0, 0.1) is 0 Å². The van der Waals surface area contributed by atoms with E-state index in [2.05, 4.69) is 18.2 Å². The Morgan fingerprint density at radius 3 is 1.65 bits per heavy atom. The SMILES string of the molecule is [B]c1c(O)c([B])c2c(c1O)C(C)(C)c1c([B])c(-c3c4ccccc4c(-c4ccccc4-n4c(C([B])([B])[B])nc5ccccc54)c4ccccc34)c([B])c([B])c1-2. The maximum atomic E-state index is 11.3. The third-order valence-corrected chi connectivity index (χ3v) is 11.2. The molecule has 4 nitrogen and oxygen atoms in total. The first-order chi connectivity index (χ1) is 26.2. The van der Waals surface area contributed by atoms with Gasteiger partial charge in [-0.25, -0.2) is 4.98 Å². The highest BCUT2D eigenvalue weighted by Gasteiger charge is 2.43. The summed E-state index contributed by atoms with van der Waals surface area (Å²) in [5.41, 5.74) is 6.89. The Morgan fingerprint density at radius 1 is 0.527 bits per heavy atom. The van der Waals surface area contributed by atoms with Gasteiger partial charge >= 0.3 is 0 Å². The molecule has 0 atom stereocenters. The van der Waals surface area contributed by atoms with Gasteiger partial charge in [0.2, 0.25) is 0 Å². The smallest absolute Gasteiger partial charge is 0.124 e. The van der Waals surface area contributed by atoms with E-state index in [1.165, 1.54) is 0 Å². The van der Waals surface area contributed by atoms with E-state index in [4.69, 9.17) is 67.8 Å². The number of imidazole rings is 1. The molecular weight excluding hydrogens is 663 g/mol. The highest BCUT2D eigenvalue weighted by Crippen LogP contribution is 2.52. The average molecular weight is 687 g/mol. The summed E-state index contributed by atoms with van der Waals surface area (Å²) in [6, 6.07) is 31.8. The zero-order chi connectivity index (χ0) is 38.9. The van der Waals surface area contributed by atoms with Crippen molar-refractivity contribution >= 4 is 123 Å². The Bertz CT molecular complexity index is 2930. The van der Waals surface area contributed by atoms with Gasteiger partial charge in [-0.3, -0.25) is 4.57 Å². The second-order valence-electron chi connectivity index (χ2n) is 14.8. The molecule has 8 aromatic rings. The number of para-hydroxylation sites is 3. The fourth-order valence-corrected chi connectivity index (χ4v) is 8.87. The second kappa shape index (κ2) is 12.1. The van der Waals surface area contributed by atoms with E-state index < -0.39 is 16.3 Å². The summed E-state index contributed by atoms with van der Waals surface area (Å²) in [4.78, 5) is 4.78. The van der Waals surface area contributed by atoms with Crippen LogP contribution < -0.4 is 27.3 Å². The molecular formula is C43H24B8N2O2. The van der Waals surface area contributed by atoms with Gasteiger partial charge in [0.15, 0.2) is 0 Å². The van der Waals surface area contributed by atoms with Crippen molar-refractivity contribution in [1.82, 2.24) is 9.55 Å². The molecule has 0 saturated carbocycles. The zero-order valence-corrected chi connectivity index (χ0v) is 30.1. The number of fused-ring (bicyclic) bond motifs is 6. The second-order valence-corrected chi connectivity index (χ2v) is 14.8. The Kier molecular flexibility index (Phi) is 7.76. The molecule has 0 aliphatic heterocycles. The summed E-state index contributed by atoms with van der Waals surface area (Å²) in [7, 11) is 53.1. The largest absolute Gasteiger partial charge is 0.509 e. The third-order valence-electron chi connectivity index (χ3n) is 11.2. The fraction of sp³-hybridized carbons (Fsp3) is 0.0930. The first-order valence-electron chi connectivity index (χ1n) is 17.7. The quantitative estimate of drug-likeness (QED) is 0.221. The average Bonchev–Trinajstić information content (AvgIpc) is 3.68. The summed E-state index contributed by atoms with van der Waals surface area (Å²) in [6.07, 6.45) is 0. The van der Waals surface area contributed by atoms with E-state index >= 15 is 0 Å². The Labute approximate surface area is 330 Å². The van der Waals surface area contributed by atoms with Crippen molar-refractivity contribution in [3.8, 4) is 50.6 Å². The van der Waals surface area contributed by atoms with Crippen LogP contribution in [-0.2, 0) is 10.5 Å². The Morgan fingerprint density at radius 2 is 1.04 bits per heavy atom. The molecule has 0 saturated heterocycles.